The van der Waals surface area contributed by atoms with Crippen molar-refractivity contribution in [3.8, 4) is 11.3 Å². The predicted molar refractivity (Wildman–Crippen MR) is 136 cm³/mol. The number of piperazine rings is 1. The molecule has 0 spiro atoms. The lowest BCUT2D eigenvalue weighted by molar-refractivity contribution is -0.137. The number of aromatic amines is 1. The third-order valence-corrected chi connectivity index (χ3v) is 6.88. The maximum atomic E-state index is 13.3. The molecule has 0 radical (unpaired) electrons. The molecule has 6 nitrogen and oxygen atoms in total. The maximum Gasteiger partial charge on any atom is 0.416 e. The molecule has 5 rings (SSSR count). The summed E-state index contributed by atoms with van der Waals surface area (Å²) < 4.78 is 39.8. The van der Waals surface area contributed by atoms with Gasteiger partial charge in [-0.25, -0.2) is 4.98 Å². The standard InChI is InChI=1S/C27H28F3N5O/c1-26(2,3)35-11-9-34(10-12-35)18-7-8-19-22(14-18)33-24-20(25(31)36)15-21(32-23(19)24)16-5-4-6-17(13-16)27(28,29)30/h4-8,13-15,33H,9-12H2,1-3H3,(H2,31,36). The summed E-state index contributed by atoms with van der Waals surface area (Å²) in [6.07, 6.45) is -4.48. The zero-order valence-corrected chi connectivity index (χ0v) is 20.4. The van der Waals surface area contributed by atoms with Crippen LogP contribution in [0.5, 0.6) is 0 Å². The van der Waals surface area contributed by atoms with Crippen molar-refractivity contribution in [3.63, 3.8) is 0 Å². The first-order valence-electron chi connectivity index (χ1n) is 11.9. The van der Waals surface area contributed by atoms with E-state index in [1.807, 2.05) is 18.2 Å². The van der Waals surface area contributed by atoms with Crippen LogP contribution in [0.25, 0.3) is 33.2 Å². The van der Waals surface area contributed by atoms with Gasteiger partial charge in [0.25, 0.3) is 5.91 Å². The third kappa shape index (κ3) is 4.39. The molecule has 9 heteroatoms. The molecule has 2 aromatic carbocycles. The second kappa shape index (κ2) is 8.51. The fourth-order valence-electron chi connectivity index (χ4n) is 4.87. The Morgan fingerprint density at radius 2 is 1.72 bits per heavy atom. The van der Waals surface area contributed by atoms with Crippen LogP contribution in [0, 0.1) is 0 Å². The van der Waals surface area contributed by atoms with E-state index >= 15 is 0 Å². The number of H-pyrrole nitrogens is 1. The molecule has 1 saturated heterocycles. The van der Waals surface area contributed by atoms with Crippen LogP contribution >= 0.6 is 0 Å². The molecule has 1 amide bonds. The number of rotatable bonds is 3. The highest BCUT2D eigenvalue weighted by molar-refractivity contribution is 6.14. The molecule has 36 heavy (non-hydrogen) atoms. The normalized spacial score (nSPS) is 15.7. The van der Waals surface area contributed by atoms with Gasteiger partial charge in [0.15, 0.2) is 0 Å². The van der Waals surface area contributed by atoms with E-state index in [0.717, 1.165) is 54.9 Å². The monoisotopic (exact) mass is 495 g/mol. The number of fused-ring (bicyclic) bond motifs is 3. The molecule has 1 aliphatic heterocycles. The maximum absolute atomic E-state index is 13.3. The van der Waals surface area contributed by atoms with E-state index in [1.165, 1.54) is 12.1 Å². The number of pyridine rings is 1. The number of amides is 1. The summed E-state index contributed by atoms with van der Waals surface area (Å²) >= 11 is 0. The first-order chi connectivity index (χ1) is 16.9. The highest BCUT2D eigenvalue weighted by Crippen LogP contribution is 2.35. The molecular formula is C27H28F3N5O. The number of nitrogens with zero attached hydrogens (tertiary/aromatic N) is 3. The van der Waals surface area contributed by atoms with Gasteiger partial charge in [-0.05, 0) is 57.2 Å². The number of aromatic nitrogens is 2. The van der Waals surface area contributed by atoms with Crippen molar-refractivity contribution in [2.24, 2.45) is 5.73 Å². The highest BCUT2D eigenvalue weighted by atomic mass is 19.4. The van der Waals surface area contributed by atoms with Crippen molar-refractivity contribution in [2.45, 2.75) is 32.5 Å². The van der Waals surface area contributed by atoms with Crippen molar-refractivity contribution in [3.05, 3.63) is 59.7 Å². The Kier molecular flexibility index (Phi) is 5.70. The number of alkyl halides is 3. The minimum Gasteiger partial charge on any atom is -0.369 e. The molecule has 1 aliphatic rings. The average Bonchev–Trinajstić information content (AvgIpc) is 3.20. The van der Waals surface area contributed by atoms with Gasteiger partial charge >= 0.3 is 6.18 Å². The van der Waals surface area contributed by atoms with Gasteiger partial charge in [-0.3, -0.25) is 9.69 Å². The summed E-state index contributed by atoms with van der Waals surface area (Å²) in [7, 11) is 0. The lowest BCUT2D eigenvalue weighted by atomic mass is 10.0. The van der Waals surface area contributed by atoms with Crippen molar-refractivity contribution >= 4 is 33.5 Å². The molecular weight excluding hydrogens is 467 g/mol. The van der Waals surface area contributed by atoms with Crippen molar-refractivity contribution in [2.75, 3.05) is 31.1 Å². The summed E-state index contributed by atoms with van der Waals surface area (Å²) in [4.78, 5) is 25.0. The lowest BCUT2D eigenvalue weighted by Gasteiger charge is -2.43. The summed E-state index contributed by atoms with van der Waals surface area (Å²) in [5.74, 6) is -0.680. The fraction of sp³-hybridized carbons (Fsp3) is 0.333. The quantitative estimate of drug-likeness (QED) is 0.398. The minimum absolute atomic E-state index is 0.126. The van der Waals surface area contributed by atoms with Crippen LogP contribution in [-0.4, -0.2) is 52.5 Å². The summed E-state index contributed by atoms with van der Waals surface area (Å²) in [6, 6.07) is 12.3. The Morgan fingerprint density at radius 3 is 2.36 bits per heavy atom. The molecule has 0 aliphatic carbocycles. The number of nitrogens with two attached hydrogens (primary N) is 1. The minimum atomic E-state index is -4.48. The first-order valence-corrected chi connectivity index (χ1v) is 11.9. The average molecular weight is 496 g/mol. The zero-order valence-electron chi connectivity index (χ0n) is 20.4. The van der Waals surface area contributed by atoms with Gasteiger partial charge in [0.05, 0.1) is 33.4 Å². The van der Waals surface area contributed by atoms with Crippen molar-refractivity contribution < 1.29 is 18.0 Å². The Bertz CT molecular complexity index is 1460. The van der Waals surface area contributed by atoms with Crippen LogP contribution in [0.3, 0.4) is 0 Å². The van der Waals surface area contributed by atoms with Gasteiger partial charge in [-0.15, -0.1) is 0 Å². The second-order valence-electron chi connectivity index (χ2n) is 10.2. The van der Waals surface area contributed by atoms with Crippen LogP contribution < -0.4 is 10.6 Å². The number of carbonyl (C=O) groups is 1. The van der Waals surface area contributed by atoms with Crippen LogP contribution in [-0.2, 0) is 6.18 Å². The Balaban J connectivity index is 1.56. The SMILES string of the molecule is CC(C)(C)N1CCN(c2ccc3c(c2)[nH]c2c(C(N)=O)cc(-c4cccc(C(F)(F)F)c4)nc23)CC1. The second-order valence-corrected chi connectivity index (χ2v) is 10.2. The van der Waals surface area contributed by atoms with Gasteiger partial charge in [0.1, 0.15) is 0 Å². The van der Waals surface area contributed by atoms with E-state index < -0.39 is 17.6 Å². The van der Waals surface area contributed by atoms with E-state index in [-0.39, 0.29) is 22.4 Å². The third-order valence-electron chi connectivity index (χ3n) is 6.88. The lowest BCUT2D eigenvalue weighted by Crippen LogP contribution is -2.53. The molecule has 2 aromatic heterocycles. The van der Waals surface area contributed by atoms with E-state index in [2.05, 4.69) is 40.5 Å². The number of hydrogen-bond acceptors (Lipinski definition) is 4. The van der Waals surface area contributed by atoms with E-state index in [4.69, 9.17) is 5.73 Å². The largest absolute Gasteiger partial charge is 0.416 e. The Labute approximate surface area is 206 Å². The first kappa shape index (κ1) is 24.1. The topological polar surface area (TPSA) is 78.2 Å². The molecule has 0 atom stereocenters. The van der Waals surface area contributed by atoms with E-state index in [1.54, 1.807) is 6.07 Å². The number of hydrogen-bond donors (Lipinski definition) is 2. The number of carbonyl (C=O) groups excluding carboxylic acids is 1. The molecule has 0 unspecified atom stereocenters. The van der Waals surface area contributed by atoms with Gasteiger partial charge in [-0.1, -0.05) is 12.1 Å². The summed E-state index contributed by atoms with van der Waals surface area (Å²) in [5, 5.41) is 0.776. The molecule has 1 fully saturated rings. The summed E-state index contributed by atoms with van der Waals surface area (Å²) in [6.45, 7) is 10.4. The molecule has 0 saturated carbocycles. The van der Waals surface area contributed by atoms with E-state index in [0.29, 0.717) is 11.0 Å². The number of anilines is 1. The molecule has 3 heterocycles. The van der Waals surface area contributed by atoms with Crippen LogP contribution in [0.1, 0.15) is 36.7 Å². The molecule has 4 aromatic rings. The molecule has 188 valence electrons. The highest BCUT2D eigenvalue weighted by Gasteiger charge is 2.31. The van der Waals surface area contributed by atoms with Gasteiger partial charge in [0.2, 0.25) is 0 Å². The predicted octanol–water partition coefficient (Wildman–Crippen LogP) is 5.42. The van der Waals surface area contributed by atoms with Gasteiger partial charge in [0, 0.05) is 48.4 Å². The molecule has 0 bridgehead atoms. The number of nitrogens with one attached hydrogen (secondary N) is 1. The Morgan fingerprint density at radius 1 is 1.00 bits per heavy atom. The van der Waals surface area contributed by atoms with Crippen molar-refractivity contribution in [1.82, 2.24) is 14.9 Å². The van der Waals surface area contributed by atoms with Crippen LogP contribution in [0.2, 0.25) is 0 Å². The number of primary amides is 1. The molecule has 3 N–H and O–H groups in total. The van der Waals surface area contributed by atoms with Gasteiger partial charge < -0.3 is 15.6 Å². The van der Waals surface area contributed by atoms with Crippen LogP contribution in [0.15, 0.2) is 48.5 Å². The summed E-state index contributed by atoms with van der Waals surface area (Å²) in [5.41, 5.74) is 8.53. The number of halogens is 3. The van der Waals surface area contributed by atoms with Crippen LogP contribution in [0.4, 0.5) is 18.9 Å². The Hall–Kier alpha value is -3.59. The van der Waals surface area contributed by atoms with Crippen molar-refractivity contribution in [1.29, 1.82) is 0 Å². The number of benzene rings is 2. The zero-order chi connectivity index (χ0) is 25.8. The fourth-order valence-corrected chi connectivity index (χ4v) is 4.87. The van der Waals surface area contributed by atoms with Gasteiger partial charge in [-0.2, -0.15) is 13.2 Å². The smallest absolute Gasteiger partial charge is 0.369 e. The van der Waals surface area contributed by atoms with E-state index in [9.17, 15) is 18.0 Å².